The second kappa shape index (κ2) is 9.66. The number of primary amides is 1. The molecule has 0 bridgehead atoms. The highest BCUT2D eigenvalue weighted by molar-refractivity contribution is 6.15. The molecule has 0 aliphatic heterocycles. The lowest BCUT2D eigenvalue weighted by molar-refractivity contribution is 0.0999. The Bertz CT molecular complexity index is 1660. The maximum absolute atomic E-state index is 13.3. The van der Waals surface area contributed by atoms with Crippen molar-refractivity contribution in [2.75, 3.05) is 7.11 Å². The number of ether oxygens (including phenoxy) is 1. The molecule has 0 radical (unpaired) electrons. The number of aromatic nitrogens is 4. The fourth-order valence-corrected chi connectivity index (χ4v) is 3.75. The molecule has 37 heavy (non-hydrogen) atoms. The summed E-state index contributed by atoms with van der Waals surface area (Å²) in [7, 11) is 1.53. The molecule has 1 amide bonds. The van der Waals surface area contributed by atoms with Crippen molar-refractivity contribution in [3.05, 3.63) is 95.9 Å². The molecule has 11 nitrogen and oxygen atoms in total. The molecule has 0 atom stereocenters. The minimum atomic E-state index is -0.784. The Morgan fingerprint density at radius 3 is 2.41 bits per heavy atom. The summed E-state index contributed by atoms with van der Waals surface area (Å²) in [5.41, 5.74) is 5.90. The predicted molar refractivity (Wildman–Crippen MR) is 134 cm³/mol. The Kier molecular flexibility index (Phi) is 6.08. The third-order valence-electron chi connectivity index (χ3n) is 5.59. The first-order valence-electron chi connectivity index (χ1n) is 11.0. The molecule has 0 aliphatic carbocycles. The maximum atomic E-state index is 13.3. The summed E-state index contributed by atoms with van der Waals surface area (Å²) in [5, 5.41) is 24.9. The normalized spacial score (nSPS) is 11.2. The van der Waals surface area contributed by atoms with E-state index in [1.807, 2.05) is 0 Å². The fourth-order valence-electron chi connectivity index (χ4n) is 3.75. The number of methoxy groups -OCH3 is 1. The van der Waals surface area contributed by atoms with E-state index in [1.54, 1.807) is 60.7 Å². The van der Waals surface area contributed by atoms with Crippen LogP contribution in [-0.2, 0) is 0 Å². The minimum absolute atomic E-state index is 0.0227. The minimum Gasteiger partial charge on any atom is -0.505 e. The standard InChI is InChI=1S/C26H19N7O4/c1-37-17-9-7-15(8-10-17)22(34)19-13-16-5-2-3-6-18(16)21(23(19)35)31-32-25-20(24(27)36)14-30-33(25)26-28-11-4-12-29-26/h2-14,35H,1H3,(H2,27,36). The Morgan fingerprint density at radius 2 is 1.70 bits per heavy atom. The van der Waals surface area contributed by atoms with Crippen LogP contribution in [0.15, 0.2) is 89.5 Å². The average Bonchev–Trinajstić information content (AvgIpc) is 3.37. The van der Waals surface area contributed by atoms with Crippen LogP contribution in [-0.4, -0.2) is 43.7 Å². The first kappa shape index (κ1) is 23.3. The van der Waals surface area contributed by atoms with Gasteiger partial charge in [-0.05, 0) is 41.8 Å². The topological polar surface area (TPSA) is 158 Å². The van der Waals surface area contributed by atoms with Gasteiger partial charge in [0.05, 0.1) is 18.9 Å². The first-order valence-corrected chi connectivity index (χ1v) is 11.0. The number of azo groups is 1. The van der Waals surface area contributed by atoms with Crippen LogP contribution in [0.25, 0.3) is 16.7 Å². The molecule has 0 spiro atoms. The van der Waals surface area contributed by atoms with Gasteiger partial charge in [0, 0.05) is 23.3 Å². The van der Waals surface area contributed by atoms with Crippen LogP contribution in [0.5, 0.6) is 11.5 Å². The number of amides is 1. The molecule has 5 aromatic rings. The van der Waals surface area contributed by atoms with Crippen molar-refractivity contribution in [3.8, 4) is 17.4 Å². The van der Waals surface area contributed by atoms with Gasteiger partial charge in [-0.2, -0.15) is 9.78 Å². The Balaban J connectivity index is 1.65. The molecule has 2 heterocycles. The van der Waals surface area contributed by atoms with Crippen molar-refractivity contribution in [2.45, 2.75) is 0 Å². The smallest absolute Gasteiger partial charge is 0.254 e. The number of fused-ring (bicyclic) bond motifs is 1. The molecule has 3 N–H and O–H groups in total. The van der Waals surface area contributed by atoms with Gasteiger partial charge in [-0.15, -0.1) is 10.2 Å². The van der Waals surface area contributed by atoms with Crippen molar-refractivity contribution in [1.82, 2.24) is 19.7 Å². The van der Waals surface area contributed by atoms with Crippen LogP contribution in [0, 0.1) is 0 Å². The van der Waals surface area contributed by atoms with Gasteiger partial charge in [-0.25, -0.2) is 9.97 Å². The fraction of sp³-hybridized carbons (Fsp3) is 0.0385. The number of carbonyl (C=O) groups is 2. The molecule has 0 saturated carbocycles. The molecular weight excluding hydrogens is 474 g/mol. The summed E-state index contributed by atoms with van der Waals surface area (Å²) < 4.78 is 6.36. The summed E-state index contributed by atoms with van der Waals surface area (Å²) in [6.45, 7) is 0. The van der Waals surface area contributed by atoms with E-state index in [1.165, 1.54) is 30.4 Å². The zero-order valence-corrected chi connectivity index (χ0v) is 19.4. The number of hydrogen-bond donors (Lipinski definition) is 2. The molecule has 0 aliphatic rings. The Hall–Kier alpha value is -5.45. The quantitative estimate of drug-likeness (QED) is 0.253. The Morgan fingerprint density at radius 1 is 0.973 bits per heavy atom. The lowest BCUT2D eigenvalue weighted by atomic mass is 9.97. The number of aromatic hydroxyl groups is 1. The highest BCUT2D eigenvalue weighted by Crippen LogP contribution is 2.40. The van der Waals surface area contributed by atoms with E-state index in [0.717, 1.165) is 0 Å². The van der Waals surface area contributed by atoms with Gasteiger partial charge >= 0.3 is 0 Å². The van der Waals surface area contributed by atoms with Gasteiger partial charge in [0.25, 0.3) is 11.9 Å². The summed E-state index contributed by atoms with van der Waals surface area (Å²) in [4.78, 5) is 33.6. The van der Waals surface area contributed by atoms with Crippen LogP contribution in [0.4, 0.5) is 11.5 Å². The van der Waals surface area contributed by atoms with Crippen LogP contribution in [0.1, 0.15) is 26.3 Å². The number of nitrogens with two attached hydrogens (primary N) is 1. The summed E-state index contributed by atoms with van der Waals surface area (Å²) in [6.07, 6.45) is 4.24. The van der Waals surface area contributed by atoms with Gasteiger partial charge in [-0.1, -0.05) is 24.3 Å². The summed E-state index contributed by atoms with van der Waals surface area (Å²) >= 11 is 0. The average molecular weight is 493 g/mol. The van der Waals surface area contributed by atoms with Crippen LogP contribution >= 0.6 is 0 Å². The predicted octanol–water partition coefficient (Wildman–Crippen LogP) is 4.28. The number of carbonyl (C=O) groups excluding carboxylic acids is 2. The van der Waals surface area contributed by atoms with Crippen molar-refractivity contribution in [3.63, 3.8) is 0 Å². The molecule has 0 unspecified atom stereocenters. The van der Waals surface area contributed by atoms with Gasteiger partial charge < -0.3 is 15.6 Å². The Labute approximate surface area is 209 Å². The molecule has 5 rings (SSSR count). The van der Waals surface area contributed by atoms with Gasteiger partial charge in [0.15, 0.2) is 17.4 Å². The number of benzene rings is 3. The molecule has 2 aromatic heterocycles. The van der Waals surface area contributed by atoms with E-state index in [4.69, 9.17) is 10.5 Å². The number of phenols is 1. The van der Waals surface area contributed by atoms with E-state index in [2.05, 4.69) is 25.3 Å². The van der Waals surface area contributed by atoms with Crippen LogP contribution in [0.2, 0.25) is 0 Å². The van der Waals surface area contributed by atoms with E-state index in [9.17, 15) is 14.7 Å². The van der Waals surface area contributed by atoms with E-state index >= 15 is 0 Å². The van der Waals surface area contributed by atoms with E-state index in [-0.39, 0.29) is 34.3 Å². The number of hydrogen-bond acceptors (Lipinski definition) is 9. The zero-order valence-electron chi connectivity index (χ0n) is 19.4. The number of ketones is 1. The zero-order chi connectivity index (χ0) is 25.9. The second-order valence-electron chi connectivity index (χ2n) is 7.81. The molecule has 182 valence electrons. The van der Waals surface area contributed by atoms with Crippen molar-refractivity contribution >= 4 is 34.0 Å². The summed E-state index contributed by atoms with van der Waals surface area (Å²) in [5.74, 6) is -0.865. The van der Waals surface area contributed by atoms with E-state index in [0.29, 0.717) is 22.1 Å². The van der Waals surface area contributed by atoms with Gasteiger partial charge in [-0.3, -0.25) is 9.59 Å². The molecule has 0 fully saturated rings. The maximum Gasteiger partial charge on any atom is 0.254 e. The van der Waals surface area contributed by atoms with Crippen molar-refractivity contribution in [2.24, 2.45) is 16.0 Å². The SMILES string of the molecule is COc1ccc(C(=O)c2cc3ccccc3c(N=Nc3c(C(N)=O)cnn3-c3ncccn3)c2O)cc1. The largest absolute Gasteiger partial charge is 0.505 e. The number of rotatable bonds is 7. The third kappa shape index (κ3) is 4.36. The van der Waals surface area contributed by atoms with Gasteiger partial charge in [0.1, 0.15) is 17.0 Å². The monoisotopic (exact) mass is 493 g/mol. The van der Waals surface area contributed by atoms with Crippen molar-refractivity contribution in [1.29, 1.82) is 0 Å². The molecule has 11 heteroatoms. The number of phenolic OH excluding ortho intramolecular Hbond substituents is 1. The molecule has 3 aromatic carbocycles. The molecule has 0 saturated heterocycles. The lowest BCUT2D eigenvalue weighted by Crippen LogP contribution is -2.10. The van der Waals surface area contributed by atoms with E-state index < -0.39 is 11.7 Å². The van der Waals surface area contributed by atoms with Crippen LogP contribution < -0.4 is 10.5 Å². The number of nitrogens with zero attached hydrogens (tertiary/aromatic N) is 6. The second-order valence-corrected chi connectivity index (χ2v) is 7.81. The summed E-state index contributed by atoms with van der Waals surface area (Å²) in [6, 6.07) is 16.8. The van der Waals surface area contributed by atoms with Crippen LogP contribution in [0.3, 0.4) is 0 Å². The highest BCUT2D eigenvalue weighted by atomic mass is 16.5. The van der Waals surface area contributed by atoms with Gasteiger partial charge in [0.2, 0.25) is 0 Å². The first-order chi connectivity index (χ1) is 18.0. The van der Waals surface area contributed by atoms with Crippen molar-refractivity contribution < 1.29 is 19.4 Å². The molecular formula is C26H19N7O4. The lowest BCUT2D eigenvalue weighted by Gasteiger charge is -2.10. The third-order valence-corrected chi connectivity index (χ3v) is 5.59. The highest BCUT2D eigenvalue weighted by Gasteiger charge is 2.21.